The van der Waals surface area contributed by atoms with Gasteiger partial charge in [-0.15, -0.1) is 11.3 Å². The molecule has 27 heavy (non-hydrogen) atoms. The van der Waals surface area contributed by atoms with E-state index in [1.165, 1.54) is 23.5 Å². The van der Waals surface area contributed by atoms with Gasteiger partial charge in [0.2, 0.25) is 10.0 Å². The Balaban J connectivity index is 1.18. The van der Waals surface area contributed by atoms with Gasteiger partial charge < -0.3 is 0 Å². The first-order valence-corrected chi connectivity index (χ1v) is 12.2. The molecule has 3 fully saturated rings. The van der Waals surface area contributed by atoms with Crippen molar-refractivity contribution in [3.05, 3.63) is 52.0 Å². The van der Waals surface area contributed by atoms with E-state index in [1.807, 2.05) is 30.3 Å². The number of aromatic nitrogens is 1. The molecule has 5 nitrogen and oxygen atoms in total. The van der Waals surface area contributed by atoms with Gasteiger partial charge in [0.05, 0.1) is 16.5 Å². The van der Waals surface area contributed by atoms with Crippen molar-refractivity contribution in [3.8, 4) is 0 Å². The minimum Gasteiger partial charge on any atom is -0.297 e. The van der Waals surface area contributed by atoms with E-state index in [-0.39, 0.29) is 5.75 Å². The molecule has 5 rings (SSSR count). The molecule has 1 aliphatic carbocycles. The number of likely N-dealkylation sites (tertiary alicyclic amines) is 1. The first kappa shape index (κ1) is 17.8. The average Bonchev–Trinajstić information content (AvgIpc) is 3.06. The van der Waals surface area contributed by atoms with Gasteiger partial charge in [-0.3, -0.25) is 4.90 Å². The summed E-state index contributed by atoms with van der Waals surface area (Å²) in [6.07, 6.45) is 2.60. The summed E-state index contributed by atoms with van der Waals surface area (Å²) in [6.45, 7) is 4.21. The van der Waals surface area contributed by atoms with E-state index >= 15 is 0 Å². The van der Waals surface area contributed by atoms with Crippen LogP contribution in [-0.4, -0.2) is 48.8 Å². The Bertz CT molecular complexity index is 894. The quantitative estimate of drug-likeness (QED) is 0.744. The molecule has 1 aromatic heterocycles. The smallest absolute Gasteiger partial charge is 0.218 e. The predicted molar refractivity (Wildman–Crippen MR) is 107 cm³/mol. The molecule has 0 spiro atoms. The summed E-state index contributed by atoms with van der Waals surface area (Å²) in [4.78, 5) is 7.26. The number of nitrogens with zero attached hydrogens (tertiary/aromatic N) is 3. The van der Waals surface area contributed by atoms with Crippen LogP contribution in [0.15, 0.2) is 35.7 Å². The van der Waals surface area contributed by atoms with Gasteiger partial charge in [-0.1, -0.05) is 30.3 Å². The zero-order valence-corrected chi connectivity index (χ0v) is 17.0. The first-order valence-electron chi connectivity index (χ1n) is 9.75. The first-order chi connectivity index (χ1) is 13.1. The third kappa shape index (κ3) is 3.83. The zero-order chi connectivity index (χ0) is 18.4. The van der Waals surface area contributed by atoms with Crippen LogP contribution in [0.5, 0.6) is 0 Å². The lowest BCUT2D eigenvalue weighted by Crippen LogP contribution is -2.34. The summed E-state index contributed by atoms with van der Waals surface area (Å²) < 4.78 is 27.3. The van der Waals surface area contributed by atoms with E-state index in [2.05, 4.69) is 10.3 Å². The van der Waals surface area contributed by atoms with Crippen LogP contribution in [0.1, 0.15) is 35.0 Å². The summed E-state index contributed by atoms with van der Waals surface area (Å²) >= 11 is 1.80. The topological polar surface area (TPSA) is 53.5 Å². The highest BCUT2D eigenvalue weighted by Gasteiger charge is 2.43. The Hall–Kier alpha value is -1.28. The van der Waals surface area contributed by atoms with E-state index in [4.69, 9.17) is 4.98 Å². The van der Waals surface area contributed by atoms with Crippen LogP contribution in [-0.2, 0) is 22.3 Å². The van der Waals surface area contributed by atoms with Crippen molar-refractivity contribution in [1.82, 2.24) is 14.2 Å². The van der Waals surface area contributed by atoms with Gasteiger partial charge in [-0.2, -0.15) is 0 Å². The molecule has 2 atom stereocenters. The maximum atomic E-state index is 12.8. The molecule has 0 N–H and O–H groups in total. The fourth-order valence-corrected chi connectivity index (χ4v) is 7.04. The molecule has 3 heterocycles. The molecule has 2 unspecified atom stereocenters. The number of hydrogen-bond acceptors (Lipinski definition) is 5. The highest BCUT2D eigenvalue weighted by molar-refractivity contribution is 7.88. The summed E-state index contributed by atoms with van der Waals surface area (Å²) in [5, 5.41) is 3.51. The fourth-order valence-electron chi connectivity index (χ4n) is 4.42. The van der Waals surface area contributed by atoms with Crippen LogP contribution in [0.2, 0.25) is 0 Å². The SMILES string of the molecule is O=S(=O)(Cc1ccccc1)N1CC2CN(Cc3csc(C4CC4)n3)CC2C1. The highest BCUT2D eigenvalue weighted by Crippen LogP contribution is 2.41. The van der Waals surface area contributed by atoms with Crippen molar-refractivity contribution >= 4 is 21.4 Å². The maximum absolute atomic E-state index is 12.8. The summed E-state index contributed by atoms with van der Waals surface area (Å²) in [7, 11) is -3.23. The van der Waals surface area contributed by atoms with Gasteiger partial charge >= 0.3 is 0 Å². The molecule has 2 aliphatic heterocycles. The summed E-state index contributed by atoms with van der Waals surface area (Å²) in [5.41, 5.74) is 2.06. The predicted octanol–water partition coefficient (Wildman–Crippen LogP) is 2.91. The zero-order valence-electron chi connectivity index (χ0n) is 15.3. The molecule has 0 bridgehead atoms. The molecular formula is C20H25N3O2S2. The fraction of sp³-hybridized carbons (Fsp3) is 0.550. The number of thiazole rings is 1. The van der Waals surface area contributed by atoms with Crippen LogP contribution >= 0.6 is 11.3 Å². The second kappa shape index (κ2) is 6.95. The lowest BCUT2D eigenvalue weighted by molar-refractivity contribution is 0.287. The summed E-state index contributed by atoms with van der Waals surface area (Å²) in [5.74, 6) is 1.75. The molecule has 7 heteroatoms. The van der Waals surface area contributed by atoms with Gasteiger partial charge in [0.15, 0.2) is 0 Å². The molecule has 2 aromatic rings. The minimum absolute atomic E-state index is 0.111. The molecule has 1 aromatic carbocycles. The molecular weight excluding hydrogens is 378 g/mol. The van der Waals surface area contributed by atoms with Gasteiger partial charge in [-0.25, -0.2) is 17.7 Å². The van der Waals surface area contributed by atoms with Gasteiger partial charge in [0.1, 0.15) is 0 Å². The number of benzene rings is 1. The second-order valence-electron chi connectivity index (χ2n) is 8.22. The van der Waals surface area contributed by atoms with Crippen LogP contribution in [0, 0.1) is 11.8 Å². The lowest BCUT2D eigenvalue weighted by atomic mass is 10.0. The molecule has 0 radical (unpaired) electrons. The van der Waals surface area contributed by atoms with Crippen molar-refractivity contribution < 1.29 is 8.42 Å². The Morgan fingerprint density at radius 2 is 1.74 bits per heavy atom. The summed E-state index contributed by atoms with van der Waals surface area (Å²) in [6, 6.07) is 9.49. The van der Waals surface area contributed by atoms with Gasteiger partial charge in [0.25, 0.3) is 0 Å². The Morgan fingerprint density at radius 3 is 2.41 bits per heavy atom. The van der Waals surface area contributed by atoms with Crippen molar-refractivity contribution in [1.29, 1.82) is 0 Å². The van der Waals surface area contributed by atoms with Gasteiger partial charge in [0, 0.05) is 44.0 Å². The van der Waals surface area contributed by atoms with Crippen LogP contribution in [0.4, 0.5) is 0 Å². The Labute approximate surface area is 165 Å². The molecule has 0 amide bonds. The van der Waals surface area contributed by atoms with Crippen molar-refractivity contribution in [2.45, 2.75) is 31.1 Å². The van der Waals surface area contributed by atoms with Crippen LogP contribution in [0.3, 0.4) is 0 Å². The van der Waals surface area contributed by atoms with Crippen LogP contribution < -0.4 is 0 Å². The van der Waals surface area contributed by atoms with Crippen molar-refractivity contribution in [3.63, 3.8) is 0 Å². The van der Waals surface area contributed by atoms with E-state index in [0.29, 0.717) is 24.9 Å². The van der Waals surface area contributed by atoms with E-state index in [0.717, 1.165) is 31.1 Å². The standard InChI is InChI=1S/C20H25N3O2S2/c24-27(25,14-15-4-2-1-3-5-15)23-10-17-8-22(9-18(17)11-23)12-19-13-26-20(21-19)16-6-7-16/h1-5,13,16-18H,6-12,14H2. The Kier molecular flexibility index (Phi) is 4.58. The monoisotopic (exact) mass is 403 g/mol. The van der Waals surface area contributed by atoms with Gasteiger partial charge in [-0.05, 0) is 30.2 Å². The second-order valence-corrected chi connectivity index (χ2v) is 11.1. The third-order valence-corrected chi connectivity index (χ3v) is 8.83. The molecule has 144 valence electrons. The lowest BCUT2D eigenvalue weighted by Gasteiger charge is -2.21. The van der Waals surface area contributed by atoms with Crippen molar-refractivity contribution in [2.24, 2.45) is 11.8 Å². The van der Waals surface area contributed by atoms with E-state index < -0.39 is 10.0 Å². The van der Waals surface area contributed by atoms with Crippen molar-refractivity contribution in [2.75, 3.05) is 26.2 Å². The Morgan fingerprint density at radius 1 is 1.04 bits per heavy atom. The largest absolute Gasteiger partial charge is 0.297 e. The van der Waals surface area contributed by atoms with E-state index in [9.17, 15) is 8.42 Å². The number of rotatable bonds is 6. The van der Waals surface area contributed by atoms with Crippen LogP contribution in [0.25, 0.3) is 0 Å². The molecule has 1 saturated carbocycles. The maximum Gasteiger partial charge on any atom is 0.218 e. The average molecular weight is 404 g/mol. The normalized spacial score (nSPS) is 26.5. The number of hydrogen-bond donors (Lipinski definition) is 0. The number of fused-ring (bicyclic) bond motifs is 1. The molecule has 2 saturated heterocycles. The highest BCUT2D eigenvalue weighted by atomic mass is 32.2. The number of sulfonamides is 1. The van der Waals surface area contributed by atoms with E-state index in [1.54, 1.807) is 15.6 Å². The third-order valence-electron chi connectivity index (χ3n) is 6.00. The minimum atomic E-state index is -3.23. The molecule has 3 aliphatic rings.